The maximum absolute atomic E-state index is 12.2. The van der Waals surface area contributed by atoms with E-state index in [0.717, 1.165) is 12.8 Å². The van der Waals surface area contributed by atoms with Gasteiger partial charge in [-0.3, -0.25) is 4.90 Å². The molecule has 0 heterocycles. The summed E-state index contributed by atoms with van der Waals surface area (Å²) >= 11 is 0. The van der Waals surface area contributed by atoms with E-state index >= 15 is 0 Å². The van der Waals surface area contributed by atoms with Gasteiger partial charge in [0.2, 0.25) is 0 Å². The molecule has 2 nitrogen and oxygen atoms in total. The van der Waals surface area contributed by atoms with Crippen molar-refractivity contribution >= 4 is 0 Å². The maximum Gasteiger partial charge on any atom is 0.401 e. The van der Waals surface area contributed by atoms with Gasteiger partial charge in [0.15, 0.2) is 0 Å². The molecule has 0 aromatic heterocycles. The second kappa shape index (κ2) is 4.29. The van der Waals surface area contributed by atoms with Gasteiger partial charge in [-0.05, 0) is 33.1 Å². The largest absolute Gasteiger partial charge is 0.401 e. The van der Waals surface area contributed by atoms with Crippen LogP contribution in [0.15, 0.2) is 0 Å². The lowest BCUT2D eigenvalue weighted by atomic mass is 10.0. The van der Waals surface area contributed by atoms with Crippen molar-refractivity contribution < 1.29 is 13.2 Å². The second-order valence-electron chi connectivity index (χ2n) is 5.06. The fraction of sp³-hybridized carbons (Fsp3) is 1.00. The van der Waals surface area contributed by atoms with E-state index < -0.39 is 18.3 Å². The summed E-state index contributed by atoms with van der Waals surface area (Å²) < 4.78 is 36.7. The summed E-state index contributed by atoms with van der Waals surface area (Å²) in [7, 11) is 0. The lowest BCUT2D eigenvalue weighted by Gasteiger charge is -2.27. The Hall–Kier alpha value is -0.290. The molecular weight excluding hydrogens is 205 g/mol. The molecule has 0 spiro atoms. The number of nitrogens with zero attached hydrogens (tertiary/aromatic N) is 1. The maximum atomic E-state index is 12.2. The monoisotopic (exact) mass is 224 g/mol. The minimum Gasteiger partial charge on any atom is -0.326 e. The SMILES string of the molecule is CC(C)(N)CCN(CC(F)(F)F)C1CC1. The first kappa shape index (κ1) is 12.8. The van der Waals surface area contributed by atoms with Gasteiger partial charge in [-0.1, -0.05) is 0 Å². The van der Waals surface area contributed by atoms with Gasteiger partial charge in [0.05, 0.1) is 6.54 Å². The molecule has 0 aromatic rings. The van der Waals surface area contributed by atoms with Crippen LogP contribution in [0.5, 0.6) is 0 Å². The van der Waals surface area contributed by atoms with Gasteiger partial charge in [-0.2, -0.15) is 13.2 Å². The Morgan fingerprint density at radius 1 is 1.27 bits per heavy atom. The van der Waals surface area contributed by atoms with Gasteiger partial charge in [-0.25, -0.2) is 0 Å². The van der Waals surface area contributed by atoms with Crippen LogP contribution >= 0.6 is 0 Å². The van der Waals surface area contributed by atoms with E-state index in [2.05, 4.69) is 0 Å². The van der Waals surface area contributed by atoms with E-state index in [-0.39, 0.29) is 6.04 Å². The van der Waals surface area contributed by atoms with Crippen LogP contribution in [-0.4, -0.2) is 35.7 Å². The quantitative estimate of drug-likeness (QED) is 0.775. The number of hydrogen-bond acceptors (Lipinski definition) is 2. The van der Waals surface area contributed by atoms with Gasteiger partial charge in [0.25, 0.3) is 0 Å². The minimum atomic E-state index is -4.10. The van der Waals surface area contributed by atoms with Crippen molar-refractivity contribution in [1.82, 2.24) is 4.90 Å². The zero-order chi connectivity index (χ0) is 11.7. The third-order valence-corrected chi connectivity index (χ3v) is 2.49. The van der Waals surface area contributed by atoms with Crippen molar-refractivity contribution in [2.24, 2.45) is 5.73 Å². The molecule has 0 bridgehead atoms. The summed E-state index contributed by atoms with van der Waals surface area (Å²) in [6.45, 7) is 3.32. The zero-order valence-electron chi connectivity index (χ0n) is 9.27. The first-order valence-electron chi connectivity index (χ1n) is 5.27. The Balaban J connectivity index is 2.38. The molecule has 1 aliphatic carbocycles. The molecule has 1 saturated carbocycles. The molecule has 5 heteroatoms. The van der Waals surface area contributed by atoms with Crippen LogP contribution in [-0.2, 0) is 0 Å². The topological polar surface area (TPSA) is 29.3 Å². The van der Waals surface area contributed by atoms with E-state index in [1.807, 2.05) is 13.8 Å². The first-order valence-corrected chi connectivity index (χ1v) is 5.27. The van der Waals surface area contributed by atoms with Crippen LogP contribution < -0.4 is 5.73 Å². The first-order chi connectivity index (χ1) is 6.67. The molecule has 1 fully saturated rings. The third kappa shape index (κ3) is 5.99. The van der Waals surface area contributed by atoms with Crippen molar-refractivity contribution in [2.75, 3.05) is 13.1 Å². The van der Waals surface area contributed by atoms with E-state index in [0.29, 0.717) is 13.0 Å². The zero-order valence-corrected chi connectivity index (χ0v) is 9.27. The average Bonchev–Trinajstić information content (AvgIpc) is 2.75. The molecule has 0 unspecified atom stereocenters. The highest BCUT2D eigenvalue weighted by Crippen LogP contribution is 2.30. The molecule has 15 heavy (non-hydrogen) atoms. The summed E-state index contributed by atoms with van der Waals surface area (Å²) in [4.78, 5) is 1.51. The molecule has 1 aliphatic rings. The van der Waals surface area contributed by atoms with Gasteiger partial charge < -0.3 is 5.73 Å². The van der Waals surface area contributed by atoms with Gasteiger partial charge in [0.1, 0.15) is 0 Å². The Morgan fingerprint density at radius 3 is 2.13 bits per heavy atom. The molecular formula is C10H19F3N2. The predicted molar refractivity (Wildman–Crippen MR) is 53.5 cm³/mol. The highest BCUT2D eigenvalue weighted by atomic mass is 19.4. The summed E-state index contributed by atoms with van der Waals surface area (Å²) in [5.74, 6) is 0. The molecule has 2 N–H and O–H groups in total. The van der Waals surface area contributed by atoms with Crippen LogP contribution in [0.25, 0.3) is 0 Å². The van der Waals surface area contributed by atoms with Crippen molar-refractivity contribution in [3.8, 4) is 0 Å². The van der Waals surface area contributed by atoms with E-state index in [4.69, 9.17) is 5.73 Å². The molecule has 0 radical (unpaired) electrons. The van der Waals surface area contributed by atoms with Crippen LogP contribution in [0.4, 0.5) is 13.2 Å². The minimum absolute atomic E-state index is 0.133. The van der Waals surface area contributed by atoms with E-state index in [9.17, 15) is 13.2 Å². The number of halogens is 3. The smallest absolute Gasteiger partial charge is 0.326 e. The lowest BCUT2D eigenvalue weighted by molar-refractivity contribution is -0.147. The Kier molecular flexibility index (Phi) is 3.66. The predicted octanol–water partition coefficient (Wildman–Crippen LogP) is 2.14. The van der Waals surface area contributed by atoms with E-state index in [1.54, 1.807) is 0 Å². The van der Waals surface area contributed by atoms with Crippen LogP contribution in [0, 0.1) is 0 Å². The third-order valence-electron chi connectivity index (χ3n) is 2.49. The molecule has 0 aromatic carbocycles. The summed E-state index contributed by atoms with van der Waals surface area (Å²) in [6, 6.07) is 0.133. The van der Waals surface area contributed by atoms with Crippen LogP contribution in [0.2, 0.25) is 0 Å². The number of alkyl halides is 3. The molecule has 0 amide bonds. The molecule has 0 saturated heterocycles. The van der Waals surface area contributed by atoms with Gasteiger partial charge in [0, 0.05) is 18.1 Å². The molecule has 0 aliphatic heterocycles. The summed E-state index contributed by atoms with van der Waals surface area (Å²) in [6.07, 6.45) is -1.72. The lowest BCUT2D eigenvalue weighted by Crippen LogP contribution is -2.41. The second-order valence-corrected chi connectivity index (χ2v) is 5.06. The highest BCUT2D eigenvalue weighted by Gasteiger charge is 2.38. The van der Waals surface area contributed by atoms with Crippen molar-refractivity contribution in [3.05, 3.63) is 0 Å². The van der Waals surface area contributed by atoms with Crippen molar-refractivity contribution in [1.29, 1.82) is 0 Å². The molecule has 0 atom stereocenters. The van der Waals surface area contributed by atoms with E-state index in [1.165, 1.54) is 4.90 Å². The van der Waals surface area contributed by atoms with Gasteiger partial charge in [-0.15, -0.1) is 0 Å². The fourth-order valence-corrected chi connectivity index (χ4v) is 1.49. The van der Waals surface area contributed by atoms with Crippen molar-refractivity contribution in [3.63, 3.8) is 0 Å². The molecule has 1 rings (SSSR count). The summed E-state index contributed by atoms with van der Waals surface area (Å²) in [5, 5.41) is 0. The summed E-state index contributed by atoms with van der Waals surface area (Å²) in [5.41, 5.74) is 5.37. The van der Waals surface area contributed by atoms with Gasteiger partial charge >= 0.3 is 6.18 Å². The standard InChI is InChI=1S/C10H19F3N2/c1-9(2,14)5-6-15(8-3-4-8)7-10(11,12)13/h8H,3-7,14H2,1-2H3. The Morgan fingerprint density at radius 2 is 1.80 bits per heavy atom. The number of hydrogen-bond donors (Lipinski definition) is 1. The Labute approximate surface area is 88.6 Å². The molecule has 90 valence electrons. The van der Waals surface area contributed by atoms with Crippen LogP contribution in [0.1, 0.15) is 33.1 Å². The normalized spacial score (nSPS) is 18.6. The number of nitrogens with two attached hydrogens (primary N) is 1. The highest BCUT2D eigenvalue weighted by molar-refractivity contribution is 4.87. The number of rotatable bonds is 5. The van der Waals surface area contributed by atoms with Crippen molar-refractivity contribution in [2.45, 2.75) is 50.9 Å². The van der Waals surface area contributed by atoms with Crippen LogP contribution in [0.3, 0.4) is 0 Å². The average molecular weight is 224 g/mol. The Bertz CT molecular complexity index is 204. The fourth-order valence-electron chi connectivity index (χ4n) is 1.49.